The molecule has 4 aromatic rings. The summed E-state index contributed by atoms with van der Waals surface area (Å²) < 4.78 is 23.8. The molecule has 0 N–H and O–H groups in total. The smallest absolute Gasteiger partial charge is 0.344 e. The molecule has 1 atom stereocenters. The Bertz CT molecular complexity index is 1500. The minimum atomic E-state index is -0.532. The first-order valence-corrected chi connectivity index (χ1v) is 11.6. The largest absolute Gasteiger partial charge is 0.478 e. The van der Waals surface area contributed by atoms with Crippen LogP contribution in [0.1, 0.15) is 18.4 Å². The van der Waals surface area contributed by atoms with E-state index in [0.29, 0.717) is 46.7 Å². The van der Waals surface area contributed by atoms with Crippen molar-refractivity contribution in [3.8, 4) is 16.9 Å². The lowest BCUT2D eigenvalue weighted by Crippen LogP contribution is -2.37. The standard InChI is InChI=1S/C25H20BrNO6/c26-15-3-5-21-14(8-15)9-19(25(29)32-21)18-10-23(28)33-24-17(18)4-6-22-20(24)12-27(13-31-22)11-16-2-1-7-30-16/h3-6,8-10,16H,1-2,7,11-13H2. The molecule has 2 aliphatic heterocycles. The summed E-state index contributed by atoms with van der Waals surface area (Å²) in [4.78, 5) is 27.6. The van der Waals surface area contributed by atoms with Crippen LogP contribution in [-0.2, 0) is 11.3 Å². The summed E-state index contributed by atoms with van der Waals surface area (Å²) >= 11 is 3.45. The van der Waals surface area contributed by atoms with Crippen LogP contribution in [0.25, 0.3) is 33.1 Å². The second kappa shape index (κ2) is 8.13. The van der Waals surface area contributed by atoms with Gasteiger partial charge in [0, 0.05) is 46.6 Å². The summed E-state index contributed by atoms with van der Waals surface area (Å²) in [6.07, 6.45) is 2.29. The Labute approximate surface area is 196 Å². The average Bonchev–Trinajstić information content (AvgIpc) is 3.31. The fourth-order valence-corrected chi connectivity index (χ4v) is 5.06. The third kappa shape index (κ3) is 3.78. The zero-order chi connectivity index (χ0) is 22.5. The number of fused-ring (bicyclic) bond motifs is 4. The molecular weight excluding hydrogens is 490 g/mol. The number of halogens is 1. The Morgan fingerprint density at radius 1 is 1.03 bits per heavy atom. The maximum absolute atomic E-state index is 12.8. The molecule has 168 valence electrons. The molecule has 8 heteroatoms. The monoisotopic (exact) mass is 509 g/mol. The van der Waals surface area contributed by atoms with Crippen molar-refractivity contribution in [3.63, 3.8) is 0 Å². The lowest BCUT2D eigenvalue weighted by atomic mass is 9.99. The van der Waals surface area contributed by atoms with Gasteiger partial charge in [-0.15, -0.1) is 0 Å². The maximum Gasteiger partial charge on any atom is 0.344 e. The van der Waals surface area contributed by atoms with Crippen molar-refractivity contribution in [1.29, 1.82) is 0 Å². The number of rotatable bonds is 3. The summed E-state index contributed by atoms with van der Waals surface area (Å²) in [5, 5.41) is 1.42. The molecule has 0 radical (unpaired) electrons. The lowest BCUT2D eigenvalue weighted by Gasteiger charge is -2.30. The second-order valence-electron chi connectivity index (χ2n) is 8.45. The van der Waals surface area contributed by atoms with Gasteiger partial charge in [-0.05, 0) is 49.2 Å². The van der Waals surface area contributed by atoms with Crippen LogP contribution in [0.3, 0.4) is 0 Å². The van der Waals surface area contributed by atoms with Crippen molar-refractivity contribution < 1.29 is 18.3 Å². The number of hydrogen-bond donors (Lipinski definition) is 0. The summed E-state index contributed by atoms with van der Waals surface area (Å²) in [6, 6.07) is 12.2. The van der Waals surface area contributed by atoms with Crippen molar-refractivity contribution in [2.75, 3.05) is 19.9 Å². The van der Waals surface area contributed by atoms with Crippen molar-refractivity contribution >= 4 is 37.9 Å². The molecular formula is C25H20BrNO6. The predicted octanol–water partition coefficient (Wildman–Crippen LogP) is 4.66. The summed E-state index contributed by atoms with van der Waals surface area (Å²) in [5.74, 6) is 0.681. The quantitative estimate of drug-likeness (QED) is 0.371. The topological polar surface area (TPSA) is 82.1 Å². The van der Waals surface area contributed by atoms with Gasteiger partial charge in [0.2, 0.25) is 0 Å². The van der Waals surface area contributed by atoms with E-state index in [4.69, 9.17) is 18.3 Å². The minimum Gasteiger partial charge on any atom is -0.478 e. The first-order valence-electron chi connectivity index (χ1n) is 10.9. The normalized spacial score (nSPS) is 18.5. The fourth-order valence-electron chi connectivity index (χ4n) is 4.68. The number of ether oxygens (including phenoxy) is 2. The van der Waals surface area contributed by atoms with E-state index in [1.54, 1.807) is 12.1 Å². The van der Waals surface area contributed by atoms with Gasteiger partial charge < -0.3 is 18.3 Å². The maximum atomic E-state index is 12.8. The molecule has 1 saturated heterocycles. The molecule has 0 aliphatic carbocycles. The number of benzene rings is 2. The predicted molar refractivity (Wildman–Crippen MR) is 127 cm³/mol. The highest BCUT2D eigenvalue weighted by Crippen LogP contribution is 2.36. The molecule has 2 aromatic carbocycles. The third-order valence-electron chi connectivity index (χ3n) is 6.23. The van der Waals surface area contributed by atoms with Crippen LogP contribution in [-0.4, -0.2) is 30.9 Å². The van der Waals surface area contributed by atoms with Gasteiger partial charge in [-0.3, -0.25) is 4.90 Å². The van der Waals surface area contributed by atoms with Gasteiger partial charge in [-0.1, -0.05) is 15.9 Å². The van der Waals surface area contributed by atoms with Crippen molar-refractivity contribution in [1.82, 2.24) is 4.90 Å². The van der Waals surface area contributed by atoms with Crippen LogP contribution in [0.2, 0.25) is 0 Å². The highest BCUT2D eigenvalue weighted by molar-refractivity contribution is 9.10. The van der Waals surface area contributed by atoms with Crippen molar-refractivity contribution in [3.05, 3.63) is 73.3 Å². The lowest BCUT2D eigenvalue weighted by molar-refractivity contribution is 0.0281. The molecule has 0 saturated carbocycles. The first-order chi connectivity index (χ1) is 16.0. The average molecular weight is 510 g/mol. The van der Waals surface area contributed by atoms with Gasteiger partial charge in [-0.2, -0.15) is 0 Å². The Kier molecular flexibility index (Phi) is 5.09. The summed E-state index contributed by atoms with van der Waals surface area (Å²) in [7, 11) is 0. The Morgan fingerprint density at radius 2 is 1.94 bits per heavy atom. The van der Waals surface area contributed by atoms with Crippen LogP contribution in [0.4, 0.5) is 0 Å². The Balaban J connectivity index is 1.48. The van der Waals surface area contributed by atoms with E-state index in [0.717, 1.165) is 41.4 Å². The van der Waals surface area contributed by atoms with Crippen LogP contribution in [0.5, 0.6) is 5.75 Å². The van der Waals surface area contributed by atoms with Gasteiger partial charge in [0.1, 0.15) is 23.6 Å². The van der Waals surface area contributed by atoms with E-state index < -0.39 is 11.3 Å². The summed E-state index contributed by atoms with van der Waals surface area (Å²) in [5.41, 5.74) is 1.46. The minimum absolute atomic E-state index is 0.189. The van der Waals surface area contributed by atoms with Crippen LogP contribution >= 0.6 is 15.9 Å². The van der Waals surface area contributed by atoms with Crippen LogP contribution in [0, 0.1) is 0 Å². The highest BCUT2D eigenvalue weighted by Gasteiger charge is 2.26. The zero-order valence-electron chi connectivity index (χ0n) is 17.6. The van der Waals surface area contributed by atoms with Gasteiger partial charge in [0.25, 0.3) is 0 Å². The van der Waals surface area contributed by atoms with Crippen LogP contribution < -0.4 is 16.0 Å². The van der Waals surface area contributed by atoms with E-state index in [9.17, 15) is 9.59 Å². The van der Waals surface area contributed by atoms with Gasteiger partial charge in [0.05, 0.1) is 17.2 Å². The van der Waals surface area contributed by atoms with Gasteiger partial charge >= 0.3 is 11.3 Å². The zero-order valence-corrected chi connectivity index (χ0v) is 19.2. The van der Waals surface area contributed by atoms with Crippen molar-refractivity contribution in [2.45, 2.75) is 25.5 Å². The molecule has 4 heterocycles. The van der Waals surface area contributed by atoms with E-state index in [1.165, 1.54) is 6.07 Å². The highest BCUT2D eigenvalue weighted by atomic mass is 79.9. The van der Waals surface area contributed by atoms with E-state index >= 15 is 0 Å². The van der Waals surface area contributed by atoms with Crippen LogP contribution in [0.15, 0.2) is 65.4 Å². The Morgan fingerprint density at radius 3 is 2.79 bits per heavy atom. The Hall–Kier alpha value is -2.94. The van der Waals surface area contributed by atoms with Gasteiger partial charge in [0.15, 0.2) is 0 Å². The molecule has 1 unspecified atom stereocenters. The first kappa shape index (κ1) is 20.7. The second-order valence-corrected chi connectivity index (χ2v) is 9.36. The molecule has 2 aromatic heterocycles. The van der Waals surface area contributed by atoms with E-state index in [2.05, 4.69) is 20.8 Å². The molecule has 0 bridgehead atoms. The number of hydrogen-bond acceptors (Lipinski definition) is 7. The summed E-state index contributed by atoms with van der Waals surface area (Å²) in [6.45, 7) is 2.56. The fraction of sp³-hybridized carbons (Fsp3) is 0.280. The molecule has 6 rings (SSSR count). The SMILES string of the molecule is O=c1cc(-c2cc3cc(Br)ccc3oc2=O)c2ccc3c(c2o1)CN(CC1CCCO1)CO3. The molecule has 2 aliphatic rings. The molecule has 33 heavy (non-hydrogen) atoms. The molecule has 1 fully saturated rings. The molecule has 0 amide bonds. The molecule has 7 nitrogen and oxygen atoms in total. The van der Waals surface area contributed by atoms with Gasteiger partial charge in [-0.25, -0.2) is 9.59 Å². The molecule has 0 spiro atoms. The van der Waals surface area contributed by atoms with E-state index in [-0.39, 0.29) is 6.10 Å². The third-order valence-corrected chi connectivity index (χ3v) is 6.72. The number of nitrogens with zero attached hydrogens (tertiary/aromatic N) is 1. The van der Waals surface area contributed by atoms with E-state index in [1.807, 2.05) is 24.3 Å². The van der Waals surface area contributed by atoms with Crippen molar-refractivity contribution in [2.24, 2.45) is 0 Å².